The van der Waals surface area contributed by atoms with Gasteiger partial charge >= 0.3 is 11.9 Å². The zero-order valence-electron chi connectivity index (χ0n) is 27.0. The summed E-state index contributed by atoms with van der Waals surface area (Å²) >= 11 is 0. The van der Waals surface area contributed by atoms with Crippen molar-refractivity contribution >= 4 is 11.9 Å². The van der Waals surface area contributed by atoms with Crippen molar-refractivity contribution in [1.82, 2.24) is 0 Å². The van der Waals surface area contributed by atoms with Crippen LogP contribution in [0.25, 0.3) is 0 Å². The summed E-state index contributed by atoms with van der Waals surface area (Å²) in [5.74, 6) is -0.794. The third kappa shape index (κ3) is 19.0. The molecule has 0 radical (unpaired) electrons. The van der Waals surface area contributed by atoms with Gasteiger partial charge in [0.05, 0.1) is 6.61 Å². The predicted molar refractivity (Wildman–Crippen MR) is 164 cm³/mol. The van der Waals surface area contributed by atoms with Crippen LogP contribution in [-0.2, 0) is 28.5 Å². The fourth-order valence-corrected chi connectivity index (χ4v) is 5.17. The van der Waals surface area contributed by atoms with Crippen LogP contribution in [0.5, 0.6) is 0 Å². The van der Waals surface area contributed by atoms with Crippen molar-refractivity contribution in [3.63, 3.8) is 0 Å². The van der Waals surface area contributed by atoms with Crippen molar-refractivity contribution in [3.05, 3.63) is 0 Å². The van der Waals surface area contributed by atoms with Crippen molar-refractivity contribution in [2.75, 3.05) is 19.8 Å². The van der Waals surface area contributed by atoms with Gasteiger partial charge in [0.1, 0.15) is 43.7 Å². The van der Waals surface area contributed by atoms with E-state index < -0.39 is 55.4 Å². The normalized spacial score (nSPS) is 22.2. The first-order valence-electron chi connectivity index (χ1n) is 17.1. The van der Waals surface area contributed by atoms with Crippen LogP contribution >= 0.6 is 0 Å². The summed E-state index contributed by atoms with van der Waals surface area (Å²) in [6.07, 6.45) is 12.6. The lowest BCUT2D eigenvalue weighted by molar-refractivity contribution is -0.315. The zero-order valence-corrected chi connectivity index (χ0v) is 27.0. The SMILES string of the molecule is CCCCCCCCCCCC(=O)OCC(COC(=O)CCCCCCCCCCC)O[C@@H]1O[C@H](CO)[C@@H](O)[C@H](O)[C@H]1O. The lowest BCUT2D eigenvalue weighted by atomic mass is 9.99. The Labute approximate surface area is 259 Å². The molecule has 1 aliphatic heterocycles. The van der Waals surface area contributed by atoms with Crippen molar-refractivity contribution in [2.45, 2.75) is 179 Å². The van der Waals surface area contributed by atoms with E-state index >= 15 is 0 Å². The van der Waals surface area contributed by atoms with E-state index in [-0.39, 0.29) is 26.1 Å². The van der Waals surface area contributed by atoms with E-state index in [1.54, 1.807) is 0 Å². The van der Waals surface area contributed by atoms with Gasteiger partial charge in [-0.15, -0.1) is 0 Å². The maximum absolute atomic E-state index is 12.4. The maximum atomic E-state index is 12.4. The van der Waals surface area contributed by atoms with Gasteiger partial charge < -0.3 is 39.4 Å². The van der Waals surface area contributed by atoms with Gasteiger partial charge in [0, 0.05) is 12.8 Å². The zero-order chi connectivity index (χ0) is 31.7. The van der Waals surface area contributed by atoms with Gasteiger partial charge in [-0.25, -0.2) is 0 Å². The van der Waals surface area contributed by atoms with Crippen LogP contribution in [0.1, 0.15) is 142 Å². The van der Waals surface area contributed by atoms with Gasteiger partial charge in [-0.2, -0.15) is 0 Å². The molecule has 254 valence electrons. The number of ether oxygens (including phenoxy) is 4. The van der Waals surface area contributed by atoms with Crippen LogP contribution in [0.3, 0.4) is 0 Å². The Bertz CT molecular complexity index is 651. The number of carbonyl (C=O) groups is 2. The highest BCUT2D eigenvalue weighted by Gasteiger charge is 2.45. The molecule has 1 fully saturated rings. The van der Waals surface area contributed by atoms with Gasteiger partial charge in [0.2, 0.25) is 0 Å². The molecule has 10 heteroatoms. The van der Waals surface area contributed by atoms with E-state index in [4.69, 9.17) is 18.9 Å². The molecule has 0 aromatic carbocycles. The lowest BCUT2D eigenvalue weighted by Gasteiger charge is -2.40. The molecule has 0 bridgehead atoms. The Morgan fingerprint density at radius 3 is 1.40 bits per heavy atom. The summed E-state index contributed by atoms with van der Waals surface area (Å²) in [5.41, 5.74) is 0. The number of carbonyl (C=O) groups excluding carboxylic acids is 2. The van der Waals surface area contributed by atoms with Crippen LogP contribution in [0.2, 0.25) is 0 Å². The molecule has 0 saturated carbocycles. The molecule has 0 aliphatic carbocycles. The number of hydrogen-bond acceptors (Lipinski definition) is 10. The molecule has 0 unspecified atom stereocenters. The second-order valence-electron chi connectivity index (χ2n) is 12.0. The van der Waals surface area contributed by atoms with Gasteiger partial charge in [-0.1, -0.05) is 117 Å². The van der Waals surface area contributed by atoms with E-state index in [9.17, 15) is 30.0 Å². The number of hydrogen-bond donors (Lipinski definition) is 4. The highest BCUT2D eigenvalue weighted by Crippen LogP contribution is 2.23. The van der Waals surface area contributed by atoms with Crippen molar-refractivity contribution < 1.29 is 49.0 Å². The van der Waals surface area contributed by atoms with E-state index in [1.165, 1.54) is 64.2 Å². The molecule has 0 aromatic rings. The van der Waals surface area contributed by atoms with Crippen molar-refractivity contribution in [3.8, 4) is 0 Å². The monoisotopic (exact) mass is 618 g/mol. The minimum absolute atomic E-state index is 0.239. The van der Waals surface area contributed by atoms with E-state index in [1.807, 2.05) is 0 Å². The summed E-state index contributed by atoms with van der Waals surface area (Å²) in [6.45, 7) is 3.33. The quantitative estimate of drug-likeness (QED) is 0.0723. The topological polar surface area (TPSA) is 152 Å². The number of aliphatic hydroxyl groups is 4. The predicted octanol–water partition coefficient (Wildman–Crippen LogP) is 5.10. The average Bonchev–Trinajstić information content (AvgIpc) is 3.00. The second-order valence-corrected chi connectivity index (χ2v) is 12.0. The first-order valence-corrected chi connectivity index (χ1v) is 17.1. The number of esters is 2. The summed E-state index contributed by atoms with van der Waals surface area (Å²) < 4.78 is 22.0. The van der Waals surface area contributed by atoms with Crippen LogP contribution in [0.15, 0.2) is 0 Å². The third-order valence-corrected chi connectivity index (χ3v) is 8.00. The molecular formula is C33H62O10. The molecule has 1 heterocycles. The molecule has 0 spiro atoms. The Hall–Kier alpha value is -1.30. The van der Waals surface area contributed by atoms with Gasteiger partial charge in [-0.05, 0) is 12.8 Å². The van der Waals surface area contributed by atoms with Crippen LogP contribution < -0.4 is 0 Å². The highest BCUT2D eigenvalue weighted by molar-refractivity contribution is 5.69. The fourth-order valence-electron chi connectivity index (χ4n) is 5.17. The summed E-state index contributed by atoms with van der Waals surface area (Å²) in [6, 6.07) is 0. The van der Waals surface area contributed by atoms with Gasteiger partial charge in [-0.3, -0.25) is 9.59 Å². The minimum atomic E-state index is -1.62. The summed E-state index contributed by atoms with van der Waals surface area (Å²) in [4.78, 5) is 24.7. The molecule has 4 N–H and O–H groups in total. The van der Waals surface area contributed by atoms with Crippen LogP contribution in [0.4, 0.5) is 0 Å². The Morgan fingerprint density at radius 1 is 0.605 bits per heavy atom. The number of unbranched alkanes of at least 4 members (excludes halogenated alkanes) is 16. The van der Waals surface area contributed by atoms with Crippen LogP contribution in [0, 0.1) is 0 Å². The molecule has 1 saturated heterocycles. The Balaban J connectivity index is 2.46. The standard InChI is InChI=1S/C33H62O10/c1-3-5-7-9-11-13-15-17-19-21-28(35)40-24-26(42-33-32(39)31(38)30(37)27(23-34)43-33)25-41-29(36)22-20-18-16-14-12-10-8-6-4-2/h26-27,30-34,37-39H,3-25H2,1-2H3/t27-,30-,31+,32-,33-/m1/s1. The van der Waals surface area contributed by atoms with Crippen LogP contribution in [-0.4, -0.2) is 89.0 Å². The third-order valence-electron chi connectivity index (χ3n) is 8.00. The molecule has 0 aromatic heterocycles. The summed E-state index contributed by atoms with van der Waals surface area (Å²) in [7, 11) is 0. The summed E-state index contributed by atoms with van der Waals surface area (Å²) in [5, 5.41) is 40.0. The second kappa shape index (κ2) is 26.0. The Morgan fingerprint density at radius 2 is 1.00 bits per heavy atom. The molecule has 10 nitrogen and oxygen atoms in total. The van der Waals surface area contributed by atoms with Crippen molar-refractivity contribution in [2.24, 2.45) is 0 Å². The molecule has 0 amide bonds. The number of rotatable bonds is 27. The molecular weight excluding hydrogens is 556 g/mol. The van der Waals surface area contributed by atoms with Gasteiger partial charge in [0.25, 0.3) is 0 Å². The smallest absolute Gasteiger partial charge is 0.305 e. The highest BCUT2D eigenvalue weighted by atomic mass is 16.7. The number of aliphatic hydroxyl groups excluding tert-OH is 4. The molecule has 1 aliphatic rings. The molecule has 5 atom stereocenters. The average molecular weight is 619 g/mol. The van der Waals surface area contributed by atoms with E-state index in [0.29, 0.717) is 0 Å². The minimum Gasteiger partial charge on any atom is -0.463 e. The van der Waals surface area contributed by atoms with Gasteiger partial charge in [0.15, 0.2) is 6.29 Å². The fraction of sp³-hybridized carbons (Fsp3) is 0.939. The molecule has 1 rings (SSSR count). The largest absolute Gasteiger partial charge is 0.463 e. The Kier molecular flexibility index (Phi) is 24.0. The maximum Gasteiger partial charge on any atom is 0.305 e. The lowest BCUT2D eigenvalue weighted by Crippen LogP contribution is -2.60. The first-order chi connectivity index (χ1) is 20.8. The van der Waals surface area contributed by atoms with E-state index in [0.717, 1.165) is 51.4 Å². The molecule has 43 heavy (non-hydrogen) atoms. The van der Waals surface area contributed by atoms with E-state index in [2.05, 4.69) is 13.8 Å². The van der Waals surface area contributed by atoms with Crippen molar-refractivity contribution in [1.29, 1.82) is 0 Å². The first kappa shape index (κ1) is 39.7.